The van der Waals surface area contributed by atoms with E-state index < -0.39 is 22.1 Å². The second-order valence-electron chi connectivity index (χ2n) is 9.15. The quantitative estimate of drug-likeness (QED) is 0.229. The van der Waals surface area contributed by atoms with Crippen molar-refractivity contribution in [1.82, 2.24) is 0 Å². The number of esters is 1. The predicted molar refractivity (Wildman–Crippen MR) is 131 cm³/mol. The Labute approximate surface area is 189 Å². The SMILES string of the molecule is COCCOCCOCCOC(=O)c1cc(C#C[Si](C)(C)C)cc(C#C[Si](C)(C)C)c1. The Bertz CT molecular complexity index is 780. The molecule has 0 aliphatic rings. The van der Waals surface area contributed by atoms with E-state index in [0.717, 1.165) is 11.1 Å². The van der Waals surface area contributed by atoms with Gasteiger partial charge in [-0.2, -0.15) is 0 Å². The summed E-state index contributed by atoms with van der Waals surface area (Å²) in [7, 11) is -1.44. The second-order valence-corrected chi connectivity index (χ2v) is 18.7. The molecule has 7 heteroatoms. The van der Waals surface area contributed by atoms with Gasteiger partial charge in [-0.15, -0.1) is 11.1 Å². The van der Waals surface area contributed by atoms with Crippen LogP contribution < -0.4 is 0 Å². The van der Waals surface area contributed by atoms with Crippen LogP contribution >= 0.6 is 0 Å². The van der Waals surface area contributed by atoms with Gasteiger partial charge >= 0.3 is 5.97 Å². The first kappa shape index (κ1) is 27.2. The van der Waals surface area contributed by atoms with Crippen LogP contribution in [-0.4, -0.2) is 68.9 Å². The number of hydrogen-bond acceptors (Lipinski definition) is 5. The average Bonchev–Trinajstić information content (AvgIpc) is 2.68. The summed E-state index contributed by atoms with van der Waals surface area (Å²) < 4.78 is 21.0. The van der Waals surface area contributed by atoms with Crippen LogP contribution in [-0.2, 0) is 18.9 Å². The van der Waals surface area contributed by atoms with E-state index in [2.05, 4.69) is 62.2 Å². The molecule has 0 N–H and O–H groups in total. The maximum atomic E-state index is 12.6. The van der Waals surface area contributed by atoms with Crippen LogP contribution in [0.2, 0.25) is 39.3 Å². The molecule has 0 atom stereocenters. The molecule has 31 heavy (non-hydrogen) atoms. The summed E-state index contributed by atoms with van der Waals surface area (Å²) in [6.07, 6.45) is 0. The third kappa shape index (κ3) is 13.9. The van der Waals surface area contributed by atoms with Crippen molar-refractivity contribution < 1.29 is 23.7 Å². The molecule has 0 heterocycles. The fourth-order valence-corrected chi connectivity index (χ4v) is 3.19. The third-order valence-corrected chi connectivity index (χ3v) is 5.35. The number of carbonyl (C=O) groups excluding carboxylic acids is 1. The molecule has 5 nitrogen and oxygen atoms in total. The van der Waals surface area contributed by atoms with Gasteiger partial charge in [-0.1, -0.05) is 51.1 Å². The number of benzene rings is 1. The van der Waals surface area contributed by atoms with Gasteiger partial charge in [0.2, 0.25) is 0 Å². The molecular formula is C24H36O5Si2. The Balaban J connectivity index is 2.76. The molecule has 0 bridgehead atoms. The summed E-state index contributed by atoms with van der Waals surface area (Å²) in [4.78, 5) is 12.6. The zero-order chi connectivity index (χ0) is 23.3. The first-order valence-electron chi connectivity index (χ1n) is 10.5. The van der Waals surface area contributed by atoms with Crippen LogP contribution in [0.4, 0.5) is 0 Å². The summed E-state index contributed by atoms with van der Waals surface area (Å²) >= 11 is 0. The summed E-state index contributed by atoms with van der Waals surface area (Å²) in [5.41, 5.74) is 8.74. The molecular weight excluding hydrogens is 424 g/mol. The van der Waals surface area contributed by atoms with Gasteiger partial charge in [0.15, 0.2) is 0 Å². The normalized spacial score (nSPS) is 11.2. The summed E-state index contributed by atoms with van der Waals surface area (Å²) in [6.45, 7) is 15.6. The number of carbonyl (C=O) groups is 1. The fraction of sp³-hybridized carbons (Fsp3) is 0.542. The van der Waals surface area contributed by atoms with Crippen LogP contribution in [0.5, 0.6) is 0 Å². The fourth-order valence-electron chi connectivity index (χ4n) is 2.15. The molecule has 0 aliphatic heterocycles. The van der Waals surface area contributed by atoms with Crippen LogP contribution in [0.15, 0.2) is 18.2 Å². The monoisotopic (exact) mass is 460 g/mol. The summed E-state index contributed by atoms with van der Waals surface area (Å²) in [6, 6.07) is 5.50. The Hall–Kier alpha value is -1.88. The van der Waals surface area contributed by atoms with Gasteiger partial charge < -0.3 is 18.9 Å². The molecule has 0 spiro atoms. The summed E-state index contributed by atoms with van der Waals surface area (Å²) in [5, 5.41) is 0. The van der Waals surface area contributed by atoms with E-state index in [1.165, 1.54) is 0 Å². The standard InChI is InChI=1S/C24H36O5Si2/c1-26-10-11-27-12-13-28-14-15-29-24(25)23-19-21(8-16-30(2,3)4)18-22(20-23)9-17-31(5,6)7/h18-20H,10-15H2,1-7H3. The molecule has 0 unspecified atom stereocenters. The molecule has 0 radical (unpaired) electrons. The highest BCUT2D eigenvalue weighted by Gasteiger charge is 2.12. The van der Waals surface area contributed by atoms with Gasteiger partial charge in [-0.3, -0.25) is 0 Å². The lowest BCUT2D eigenvalue weighted by Gasteiger charge is -2.08. The molecule has 0 aliphatic carbocycles. The lowest BCUT2D eigenvalue weighted by Crippen LogP contribution is -2.16. The van der Waals surface area contributed by atoms with Gasteiger partial charge in [-0.05, 0) is 18.2 Å². The van der Waals surface area contributed by atoms with E-state index in [9.17, 15) is 4.79 Å². The summed E-state index contributed by atoms with van der Waals surface area (Å²) in [5.74, 6) is 6.05. The minimum absolute atomic E-state index is 0.178. The first-order chi connectivity index (χ1) is 14.5. The van der Waals surface area contributed by atoms with E-state index in [0.29, 0.717) is 38.6 Å². The van der Waals surface area contributed by atoms with Gasteiger partial charge in [0.05, 0.1) is 38.6 Å². The Morgan fingerprint density at radius 2 is 1.19 bits per heavy atom. The topological polar surface area (TPSA) is 54.0 Å². The van der Waals surface area contributed by atoms with Crippen molar-refractivity contribution in [3.63, 3.8) is 0 Å². The molecule has 0 amide bonds. The number of methoxy groups -OCH3 is 1. The second kappa shape index (κ2) is 13.5. The van der Waals surface area contributed by atoms with Gasteiger partial charge in [0.25, 0.3) is 0 Å². The van der Waals surface area contributed by atoms with Crippen LogP contribution in [0.1, 0.15) is 21.5 Å². The van der Waals surface area contributed by atoms with Crippen LogP contribution in [0.3, 0.4) is 0 Å². The molecule has 170 valence electrons. The number of rotatable bonds is 10. The van der Waals surface area contributed by atoms with Crippen molar-refractivity contribution in [1.29, 1.82) is 0 Å². The molecule has 0 saturated carbocycles. The highest BCUT2D eigenvalue weighted by Crippen LogP contribution is 2.12. The van der Waals surface area contributed by atoms with Crippen molar-refractivity contribution >= 4 is 22.1 Å². The van der Waals surface area contributed by atoms with Crippen molar-refractivity contribution in [2.24, 2.45) is 0 Å². The molecule has 1 aromatic carbocycles. The van der Waals surface area contributed by atoms with Crippen molar-refractivity contribution in [3.05, 3.63) is 34.9 Å². The Kier molecular flexibility index (Phi) is 11.8. The van der Waals surface area contributed by atoms with Crippen LogP contribution in [0, 0.1) is 22.9 Å². The number of ether oxygens (including phenoxy) is 4. The van der Waals surface area contributed by atoms with Gasteiger partial charge in [0.1, 0.15) is 22.8 Å². The first-order valence-corrected chi connectivity index (χ1v) is 17.5. The van der Waals surface area contributed by atoms with Crippen molar-refractivity contribution in [2.45, 2.75) is 39.3 Å². The zero-order valence-corrected chi connectivity index (χ0v) is 22.0. The maximum absolute atomic E-state index is 12.6. The van der Waals surface area contributed by atoms with Gasteiger partial charge in [0, 0.05) is 18.2 Å². The smallest absolute Gasteiger partial charge is 0.338 e. The highest BCUT2D eigenvalue weighted by molar-refractivity contribution is 6.84. The number of hydrogen-bond donors (Lipinski definition) is 0. The minimum atomic E-state index is -1.54. The third-order valence-electron chi connectivity index (χ3n) is 3.60. The van der Waals surface area contributed by atoms with Gasteiger partial charge in [-0.25, -0.2) is 4.79 Å². The average molecular weight is 461 g/mol. The lowest BCUT2D eigenvalue weighted by molar-refractivity contribution is 0.00570. The largest absolute Gasteiger partial charge is 0.460 e. The van der Waals surface area contributed by atoms with E-state index in [-0.39, 0.29) is 6.61 Å². The molecule has 1 aromatic rings. The van der Waals surface area contributed by atoms with E-state index in [1.54, 1.807) is 19.2 Å². The van der Waals surface area contributed by atoms with Crippen molar-refractivity contribution in [2.75, 3.05) is 46.8 Å². The highest BCUT2D eigenvalue weighted by atomic mass is 28.3. The van der Waals surface area contributed by atoms with Crippen molar-refractivity contribution in [3.8, 4) is 22.9 Å². The lowest BCUT2D eigenvalue weighted by atomic mass is 10.1. The van der Waals surface area contributed by atoms with E-state index in [4.69, 9.17) is 18.9 Å². The predicted octanol–water partition coefficient (Wildman–Crippen LogP) is 3.98. The van der Waals surface area contributed by atoms with E-state index >= 15 is 0 Å². The minimum Gasteiger partial charge on any atom is -0.460 e. The van der Waals surface area contributed by atoms with Crippen LogP contribution in [0.25, 0.3) is 0 Å². The Morgan fingerprint density at radius 1 is 0.742 bits per heavy atom. The Morgan fingerprint density at radius 3 is 1.65 bits per heavy atom. The van der Waals surface area contributed by atoms with E-state index in [1.807, 2.05) is 6.07 Å². The molecule has 1 rings (SSSR count). The maximum Gasteiger partial charge on any atom is 0.338 e. The molecule has 0 aromatic heterocycles. The molecule has 0 fully saturated rings. The molecule has 0 saturated heterocycles. The zero-order valence-electron chi connectivity index (χ0n) is 20.0.